The number of carbonyl (C=O) groups is 2. The molecule has 0 aliphatic carbocycles. The van der Waals surface area contributed by atoms with E-state index in [1.165, 1.54) is 6.92 Å². The second-order valence-corrected chi connectivity index (χ2v) is 5.99. The van der Waals surface area contributed by atoms with Gasteiger partial charge in [-0.15, -0.1) is 5.10 Å². The molecule has 2 amide bonds. The summed E-state index contributed by atoms with van der Waals surface area (Å²) in [7, 11) is 0. The Kier molecular flexibility index (Phi) is 4.79. The third-order valence-electron chi connectivity index (χ3n) is 3.82. The summed E-state index contributed by atoms with van der Waals surface area (Å²) in [5.41, 5.74) is 4.14. The lowest BCUT2D eigenvalue weighted by Gasteiger charge is -2.07. The van der Waals surface area contributed by atoms with Crippen LogP contribution in [-0.2, 0) is 4.79 Å². The highest BCUT2D eigenvalue weighted by molar-refractivity contribution is 6.03. The predicted octanol–water partition coefficient (Wildman–Crippen LogP) is 3.09. The fourth-order valence-corrected chi connectivity index (χ4v) is 2.57. The third-order valence-corrected chi connectivity index (χ3v) is 3.82. The van der Waals surface area contributed by atoms with Crippen LogP contribution in [0.3, 0.4) is 0 Å². The molecule has 7 nitrogen and oxygen atoms in total. The Bertz CT molecular complexity index is 960. The number of rotatable bonds is 4. The van der Waals surface area contributed by atoms with Gasteiger partial charge in [-0.3, -0.25) is 9.59 Å². The van der Waals surface area contributed by atoms with E-state index in [1.807, 2.05) is 31.2 Å². The highest BCUT2D eigenvalue weighted by atomic mass is 16.2. The molecule has 132 valence electrons. The number of carbonyl (C=O) groups excluding carboxylic acids is 2. The molecule has 0 bridgehead atoms. The van der Waals surface area contributed by atoms with Gasteiger partial charge < -0.3 is 10.6 Å². The Labute approximate surface area is 151 Å². The summed E-state index contributed by atoms with van der Waals surface area (Å²) in [6.07, 6.45) is 0. The summed E-state index contributed by atoms with van der Waals surface area (Å²) in [4.78, 5) is 23.6. The van der Waals surface area contributed by atoms with E-state index in [-0.39, 0.29) is 17.5 Å². The highest BCUT2D eigenvalue weighted by Crippen LogP contribution is 2.17. The summed E-state index contributed by atoms with van der Waals surface area (Å²) in [6.45, 7) is 5.24. The molecule has 2 N–H and O–H groups in total. The number of aryl methyl sites for hydroxylation is 1. The van der Waals surface area contributed by atoms with Gasteiger partial charge in [0.2, 0.25) is 5.91 Å². The van der Waals surface area contributed by atoms with Gasteiger partial charge in [-0.1, -0.05) is 17.3 Å². The predicted molar refractivity (Wildman–Crippen MR) is 99.5 cm³/mol. The smallest absolute Gasteiger partial charge is 0.278 e. The van der Waals surface area contributed by atoms with Gasteiger partial charge in [-0.05, 0) is 55.8 Å². The van der Waals surface area contributed by atoms with Crippen molar-refractivity contribution in [2.45, 2.75) is 20.8 Å². The Morgan fingerprint density at radius 1 is 0.962 bits per heavy atom. The largest absolute Gasteiger partial charge is 0.326 e. The highest BCUT2D eigenvalue weighted by Gasteiger charge is 2.17. The van der Waals surface area contributed by atoms with E-state index in [0.29, 0.717) is 17.1 Å². The van der Waals surface area contributed by atoms with E-state index in [1.54, 1.807) is 35.9 Å². The molecule has 26 heavy (non-hydrogen) atoms. The van der Waals surface area contributed by atoms with Crippen LogP contribution in [-0.4, -0.2) is 26.8 Å². The van der Waals surface area contributed by atoms with Crippen molar-refractivity contribution < 1.29 is 9.59 Å². The molecular weight excluding hydrogens is 330 g/mol. The second kappa shape index (κ2) is 7.18. The van der Waals surface area contributed by atoms with Crippen LogP contribution in [0.1, 0.15) is 28.7 Å². The van der Waals surface area contributed by atoms with Gasteiger partial charge in [0, 0.05) is 18.3 Å². The van der Waals surface area contributed by atoms with Crippen LogP contribution in [0, 0.1) is 13.8 Å². The molecule has 0 spiro atoms. The fourth-order valence-electron chi connectivity index (χ4n) is 2.57. The van der Waals surface area contributed by atoms with Crippen molar-refractivity contribution in [3.8, 4) is 5.69 Å². The summed E-state index contributed by atoms with van der Waals surface area (Å²) in [5, 5.41) is 13.6. The number of aromatic nitrogens is 3. The minimum absolute atomic E-state index is 0.148. The number of hydrogen-bond donors (Lipinski definition) is 2. The Morgan fingerprint density at radius 3 is 2.23 bits per heavy atom. The van der Waals surface area contributed by atoms with E-state index >= 15 is 0 Å². The van der Waals surface area contributed by atoms with Crippen molar-refractivity contribution in [2.75, 3.05) is 10.6 Å². The van der Waals surface area contributed by atoms with Crippen LogP contribution in [0.4, 0.5) is 11.4 Å². The number of amides is 2. The van der Waals surface area contributed by atoms with E-state index in [2.05, 4.69) is 20.9 Å². The standard InChI is InChI=1S/C19H19N5O2/c1-12-5-4-6-17(11-12)24-13(2)18(22-23-24)19(26)21-16-9-7-15(8-10-16)20-14(3)25/h4-11H,1-3H3,(H,20,25)(H,21,26). The maximum absolute atomic E-state index is 12.5. The van der Waals surface area contributed by atoms with Crippen molar-refractivity contribution >= 4 is 23.2 Å². The second-order valence-electron chi connectivity index (χ2n) is 5.99. The molecule has 7 heteroatoms. The molecule has 2 aromatic carbocycles. The zero-order valence-corrected chi connectivity index (χ0v) is 14.8. The van der Waals surface area contributed by atoms with Gasteiger partial charge in [0.15, 0.2) is 5.69 Å². The SMILES string of the molecule is CC(=O)Nc1ccc(NC(=O)c2nnn(-c3cccc(C)c3)c2C)cc1. The molecule has 0 radical (unpaired) electrons. The van der Waals surface area contributed by atoms with Gasteiger partial charge in [-0.2, -0.15) is 0 Å². The minimum atomic E-state index is -0.339. The topological polar surface area (TPSA) is 88.9 Å². The van der Waals surface area contributed by atoms with Gasteiger partial charge in [0.25, 0.3) is 5.91 Å². The summed E-state index contributed by atoms with van der Waals surface area (Å²) in [6, 6.07) is 14.7. The maximum Gasteiger partial charge on any atom is 0.278 e. The quantitative estimate of drug-likeness (QED) is 0.757. The monoisotopic (exact) mass is 349 g/mol. The van der Waals surface area contributed by atoms with E-state index < -0.39 is 0 Å². The van der Waals surface area contributed by atoms with Gasteiger partial charge in [-0.25, -0.2) is 4.68 Å². The summed E-state index contributed by atoms with van der Waals surface area (Å²) < 4.78 is 1.64. The normalized spacial score (nSPS) is 10.4. The molecule has 0 saturated heterocycles. The third kappa shape index (κ3) is 3.77. The lowest BCUT2D eigenvalue weighted by molar-refractivity contribution is -0.114. The van der Waals surface area contributed by atoms with Crippen molar-refractivity contribution in [1.82, 2.24) is 15.0 Å². The first-order valence-electron chi connectivity index (χ1n) is 8.12. The van der Waals surface area contributed by atoms with E-state index in [4.69, 9.17) is 0 Å². The lowest BCUT2D eigenvalue weighted by Crippen LogP contribution is -2.14. The first-order chi connectivity index (χ1) is 12.4. The Morgan fingerprint density at radius 2 is 1.62 bits per heavy atom. The van der Waals surface area contributed by atoms with E-state index in [9.17, 15) is 9.59 Å². The fraction of sp³-hybridized carbons (Fsp3) is 0.158. The maximum atomic E-state index is 12.5. The molecule has 1 aromatic heterocycles. The van der Waals surface area contributed by atoms with Gasteiger partial charge >= 0.3 is 0 Å². The molecule has 3 aromatic rings. The first kappa shape index (κ1) is 17.3. The number of nitrogens with one attached hydrogen (secondary N) is 2. The first-order valence-corrected chi connectivity index (χ1v) is 8.12. The lowest BCUT2D eigenvalue weighted by atomic mass is 10.2. The molecule has 0 atom stereocenters. The molecule has 3 rings (SSSR count). The van der Waals surface area contributed by atoms with Crippen LogP contribution >= 0.6 is 0 Å². The number of nitrogens with zero attached hydrogens (tertiary/aromatic N) is 3. The van der Waals surface area contributed by atoms with Crippen molar-refractivity contribution in [3.05, 3.63) is 65.5 Å². The van der Waals surface area contributed by atoms with Crippen molar-refractivity contribution in [1.29, 1.82) is 0 Å². The molecule has 0 aliphatic heterocycles. The molecule has 1 heterocycles. The van der Waals surface area contributed by atoms with Crippen LogP contribution in [0.15, 0.2) is 48.5 Å². The minimum Gasteiger partial charge on any atom is -0.326 e. The van der Waals surface area contributed by atoms with Crippen molar-refractivity contribution in [3.63, 3.8) is 0 Å². The van der Waals surface area contributed by atoms with Crippen LogP contribution in [0.5, 0.6) is 0 Å². The Hall–Kier alpha value is -3.48. The van der Waals surface area contributed by atoms with Gasteiger partial charge in [0.1, 0.15) is 0 Å². The van der Waals surface area contributed by atoms with Crippen LogP contribution in [0.25, 0.3) is 5.69 Å². The summed E-state index contributed by atoms with van der Waals surface area (Å²) in [5.74, 6) is -0.487. The van der Waals surface area contributed by atoms with Crippen LogP contribution < -0.4 is 10.6 Å². The van der Waals surface area contributed by atoms with Crippen LogP contribution in [0.2, 0.25) is 0 Å². The average molecular weight is 349 g/mol. The molecule has 0 aliphatic rings. The zero-order valence-electron chi connectivity index (χ0n) is 14.8. The average Bonchev–Trinajstić information content (AvgIpc) is 2.98. The number of benzene rings is 2. The summed E-state index contributed by atoms with van der Waals surface area (Å²) >= 11 is 0. The number of hydrogen-bond acceptors (Lipinski definition) is 4. The van der Waals surface area contributed by atoms with E-state index in [0.717, 1.165) is 11.3 Å². The molecule has 0 saturated carbocycles. The molecule has 0 fully saturated rings. The Balaban J connectivity index is 1.77. The van der Waals surface area contributed by atoms with Gasteiger partial charge in [0.05, 0.1) is 11.4 Å². The van der Waals surface area contributed by atoms with Crippen molar-refractivity contribution in [2.24, 2.45) is 0 Å². The number of anilines is 2. The molecule has 0 unspecified atom stereocenters. The zero-order chi connectivity index (χ0) is 18.7. The molecular formula is C19H19N5O2.